The van der Waals surface area contributed by atoms with Crippen LogP contribution in [0.5, 0.6) is 0 Å². The molecule has 0 aliphatic carbocycles. The monoisotopic (exact) mass is 289 g/mol. The molecular formula is C12H20BrNO2. The highest BCUT2D eigenvalue weighted by Gasteiger charge is 2.36. The van der Waals surface area contributed by atoms with E-state index in [2.05, 4.69) is 42.0 Å². The van der Waals surface area contributed by atoms with Gasteiger partial charge < -0.3 is 14.5 Å². The van der Waals surface area contributed by atoms with Gasteiger partial charge in [-0.05, 0) is 41.9 Å². The Hall–Kier alpha value is -0.320. The van der Waals surface area contributed by atoms with Gasteiger partial charge >= 0.3 is 0 Å². The number of nitrogens with one attached hydrogen (secondary N) is 1. The van der Waals surface area contributed by atoms with Gasteiger partial charge in [0.25, 0.3) is 0 Å². The summed E-state index contributed by atoms with van der Waals surface area (Å²) in [6.45, 7) is 7.16. The minimum atomic E-state index is -0.267. The average molecular weight is 290 g/mol. The quantitative estimate of drug-likeness (QED) is 0.870. The van der Waals surface area contributed by atoms with Crippen molar-refractivity contribution in [2.24, 2.45) is 0 Å². The number of rotatable bonds is 6. The molecule has 16 heavy (non-hydrogen) atoms. The molecule has 0 saturated carbocycles. The summed E-state index contributed by atoms with van der Waals surface area (Å²) >= 11 is 3.50. The van der Waals surface area contributed by atoms with Crippen LogP contribution in [-0.2, 0) is 4.74 Å². The van der Waals surface area contributed by atoms with Crippen molar-refractivity contribution in [3.63, 3.8) is 0 Å². The van der Waals surface area contributed by atoms with Crippen LogP contribution in [0.15, 0.2) is 21.2 Å². The normalized spacial score (nSPS) is 17.1. The molecule has 92 valence electrons. The van der Waals surface area contributed by atoms with Gasteiger partial charge in [0.05, 0.1) is 22.4 Å². The van der Waals surface area contributed by atoms with Crippen molar-refractivity contribution in [2.75, 3.05) is 13.7 Å². The Kier molecular flexibility index (Phi) is 5.02. The van der Waals surface area contributed by atoms with Gasteiger partial charge in [0.1, 0.15) is 5.76 Å². The van der Waals surface area contributed by atoms with Crippen molar-refractivity contribution in [1.82, 2.24) is 5.32 Å². The number of hydrogen-bond acceptors (Lipinski definition) is 3. The van der Waals surface area contributed by atoms with Crippen molar-refractivity contribution in [2.45, 2.75) is 38.8 Å². The first kappa shape index (κ1) is 13.7. The van der Waals surface area contributed by atoms with Crippen LogP contribution in [-0.4, -0.2) is 19.3 Å². The van der Waals surface area contributed by atoms with Crippen LogP contribution >= 0.6 is 15.9 Å². The lowest BCUT2D eigenvalue weighted by Crippen LogP contribution is -2.42. The highest BCUT2D eigenvalue weighted by molar-refractivity contribution is 9.10. The molecular weight excluding hydrogens is 270 g/mol. The molecule has 2 unspecified atom stereocenters. The van der Waals surface area contributed by atoms with E-state index < -0.39 is 0 Å². The predicted octanol–water partition coefficient (Wildman–Crippen LogP) is 3.51. The smallest absolute Gasteiger partial charge is 0.137 e. The lowest BCUT2D eigenvalue weighted by atomic mass is 9.91. The zero-order valence-electron chi connectivity index (χ0n) is 10.3. The third kappa shape index (κ3) is 2.67. The van der Waals surface area contributed by atoms with Gasteiger partial charge in [0, 0.05) is 7.11 Å². The number of methoxy groups -OCH3 is 1. The van der Waals surface area contributed by atoms with Gasteiger partial charge in [-0.1, -0.05) is 13.8 Å². The van der Waals surface area contributed by atoms with E-state index in [1.54, 1.807) is 13.4 Å². The first-order chi connectivity index (χ1) is 7.59. The summed E-state index contributed by atoms with van der Waals surface area (Å²) in [4.78, 5) is 0. The van der Waals surface area contributed by atoms with Crippen LogP contribution in [0.1, 0.15) is 39.0 Å². The van der Waals surface area contributed by atoms with Crippen LogP contribution in [0.25, 0.3) is 0 Å². The molecule has 4 heteroatoms. The molecule has 0 bridgehead atoms. The second-order valence-electron chi connectivity index (χ2n) is 3.99. The Bertz CT molecular complexity index is 321. The second kappa shape index (κ2) is 5.84. The van der Waals surface area contributed by atoms with Gasteiger partial charge in [-0.15, -0.1) is 0 Å². The van der Waals surface area contributed by atoms with Crippen molar-refractivity contribution in [3.05, 3.63) is 22.6 Å². The van der Waals surface area contributed by atoms with Crippen LogP contribution in [0.3, 0.4) is 0 Å². The summed E-state index contributed by atoms with van der Waals surface area (Å²) in [5, 5.41) is 3.42. The lowest BCUT2D eigenvalue weighted by Gasteiger charge is -2.35. The third-order valence-corrected chi connectivity index (χ3v) is 3.75. The number of hydrogen-bond donors (Lipinski definition) is 1. The summed E-state index contributed by atoms with van der Waals surface area (Å²) in [6.07, 6.45) is 2.60. The van der Waals surface area contributed by atoms with E-state index in [1.165, 1.54) is 0 Å². The van der Waals surface area contributed by atoms with Crippen molar-refractivity contribution < 1.29 is 9.15 Å². The van der Waals surface area contributed by atoms with Gasteiger partial charge in [-0.25, -0.2) is 0 Å². The van der Waals surface area contributed by atoms with Gasteiger partial charge in [-0.2, -0.15) is 0 Å². The van der Waals surface area contributed by atoms with Crippen LogP contribution < -0.4 is 5.32 Å². The lowest BCUT2D eigenvalue weighted by molar-refractivity contribution is -0.0352. The molecule has 2 atom stereocenters. The van der Waals surface area contributed by atoms with E-state index in [-0.39, 0.29) is 11.6 Å². The summed E-state index contributed by atoms with van der Waals surface area (Å²) in [6, 6.07) is 1.96. The fraction of sp³-hybridized carbons (Fsp3) is 0.667. The minimum Gasteiger partial charge on any atom is -0.466 e. The molecule has 1 N–H and O–H groups in total. The second-order valence-corrected chi connectivity index (χ2v) is 4.85. The molecule has 1 heterocycles. The summed E-state index contributed by atoms with van der Waals surface area (Å²) in [7, 11) is 1.74. The highest BCUT2D eigenvalue weighted by Crippen LogP contribution is 2.35. The maximum absolute atomic E-state index is 5.64. The average Bonchev–Trinajstić information content (AvgIpc) is 2.71. The van der Waals surface area contributed by atoms with E-state index in [0.29, 0.717) is 0 Å². The molecule has 3 nitrogen and oxygen atoms in total. The van der Waals surface area contributed by atoms with E-state index in [1.807, 2.05) is 6.07 Å². The SMILES string of the molecule is CCNC(c1occc1Br)C(C)(CC)OC. The molecule has 1 aromatic heterocycles. The fourth-order valence-corrected chi connectivity index (χ4v) is 2.20. The largest absolute Gasteiger partial charge is 0.466 e. The first-order valence-electron chi connectivity index (χ1n) is 5.60. The molecule has 0 saturated heterocycles. The minimum absolute atomic E-state index is 0.0527. The number of halogens is 1. The highest BCUT2D eigenvalue weighted by atomic mass is 79.9. The third-order valence-electron chi connectivity index (χ3n) is 3.09. The van der Waals surface area contributed by atoms with E-state index in [9.17, 15) is 0 Å². The molecule has 0 fully saturated rings. The zero-order chi connectivity index (χ0) is 12.2. The molecule has 0 radical (unpaired) electrons. The molecule has 0 spiro atoms. The Labute approximate surface area is 106 Å². The first-order valence-corrected chi connectivity index (χ1v) is 6.39. The number of furan rings is 1. The molecule has 0 aliphatic heterocycles. The fourth-order valence-electron chi connectivity index (χ4n) is 1.77. The maximum Gasteiger partial charge on any atom is 0.137 e. The Morgan fingerprint density at radius 2 is 2.25 bits per heavy atom. The van der Waals surface area contributed by atoms with E-state index >= 15 is 0 Å². The Morgan fingerprint density at radius 3 is 2.62 bits per heavy atom. The Balaban J connectivity index is 3.03. The maximum atomic E-state index is 5.64. The summed E-state index contributed by atoms with van der Waals surface area (Å²) in [5.41, 5.74) is -0.267. The molecule has 1 aromatic rings. The van der Waals surface area contributed by atoms with Crippen molar-refractivity contribution in [1.29, 1.82) is 0 Å². The Morgan fingerprint density at radius 1 is 1.56 bits per heavy atom. The molecule has 0 amide bonds. The van der Waals surface area contributed by atoms with E-state index in [0.717, 1.165) is 23.2 Å². The molecule has 0 aromatic carbocycles. The number of likely N-dealkylation sites (N-methyl/N-ethyl adjacent to an activating group) is 1. The predicted molar refractivity (Wildman–Crippen MR) is 68.5 cm³/mol. The van der Waals surface area contributed by atoms with E-state index in [4.69, 9.17) is 9.15 Å². The number of ether oxygens (including phenoxy) is 1. The summed E-state index contributed by atoms with van der Waals surface area (Å²) < 4.78 is 12.2. The summed E-state index contributed by atoms with van der Waals surface area (Å²) in [5.74, 6) is 0.896. The molecule has 0 aliphatic rings. The standard InChI is InChI=1S/C12H20BrNO2/c1-5-12(3,15-4)11(14-6-2)10-9(13)7-8-16-10/h7-8,11,14H,5-6H2,1-4H3. The topological polar surface area (TPSA) is 34.4 Å². The van der Waals surface area contributed by atoms with Gasteiger partial charge in [-0.3, -0.25) is 0 Å². The van der Waals surface area contributed by atoms with Gasteiger partial charge in [0.15, 0.2) is 0 Å². The van der Waals surface area contributed by atoms with Crippen LogP contribution in [0.2, 0.25) is 0 Å². The van der Waals surface area contributed by atoms with Crippen LogP contribution in [0, 0.1) is 0 Å². The van der Waals surface area contributed by atoms with Crippen molar-refractivity contribution >= 4 is 15.9 Å². The van der Waals surface area contributed by atoms with Gasteiger partial charge in [0.2, 0.25) is 0 Å². The zero-order valence-corrected chi connectivity index (χ0v) is 11.9. The van der Waals surface area contributed by atoms with Crippen molar-refractivity contribution in [3.8, 4) is 0 Å². The van der Waals surface area contributed by atoms with Crippen LogP contribution in [0.4, 0.5) is 0 Å². The molecule has 1 rings (SSSR count).